The van der Waals surface area contributed by atoms with Crippen LogP contribution in [0.1, 0.15) is 36.0 Å². The maximum atomic E-state index is 12.7. The van der Waals surface area contributed by atoms with E-state index in [4.69, 9.17) is 4.74 Å². The number of carbonyl (C=O) groups is 1. The predicted octanol–water partition coefficient (Wildman–Crippen LogP) is -1.10. The van der Waals surface area contributed by atoms with Crippen molar-refractivity contribution in [1.29, 1.82) is 0 Å². The van der Waals surface area contributed by atoms with Crippen molar-refractivity contribution >= 4 is 5.91 Å². The van der Waals surface area contributed by atoms with Crippen molar-refractivity contribution < 1.29 is 30.0 Å². The molecule has 1 amide bonds. The van der Waals surface area contributed by atoms with Crippen LogP contribution < -0.4 is 0 Å². The van der Waals surface area contributed by atoms with E-state index in [1.165, 1.54) is 15.8 Å². The average Bonchev–Trinajstić information content (AvgIpc) is 3.06. The number of β-amino-alcohol motifs (C(OH)–C–C–N with tert-alkyl or cyclic N) is 1. The minimum absolute atomic E-state index is 0.104. The van der Waals surface area contributed by atoms with E-state index < -0.39 is 31.0 Å². The Labute approximate surface area is 152 Å². The molecular formula is C17H29N3O6. The van der Waals surface area contributed by atoms with Gasteiger partial charge in [-0.2, -0.15) is 5.10 Å². The van der Waals surface area contributed by atoms with Gasteiger partial charge in [0, 0.05) is 32.9 Å². The molecular weight excluding hydrogens is 342 g/mol. The number of rotatable bonds is 3. The molecule has 9 heteroatoms. The van der Waals surface area contributed by atoms with Crippen molar-refractivity contribution in [2.24, 2.45) is 7.05 Å². The SMILES string of the molecule is Cn1cc(C(=O)N2CCCCCCO[C@H]([C@H](O)CO)[C@H](O)[C@H](O)C2)cn1. The van der Waals surface area contributed by atoms with Crippen molar-refractivity contribution in [3.8, 4) is 0 Å². The highest BCUT2D eigenvalue weighted by Gasteiger charge is 2.34. The third-order valence-electron chi connectivity index (χ3n) is 4.58. The van der Waals surface area contributed by atoms with E-state index in [1.807, 2.05) is 0 Å². The molecule has 0 aliphatic carbocycles. The van der Waals surface area contributed by atoms with Gasteiger partial charge in [-0.25, -0.2) is 0 Å². The van der Waals surface area contributed by atoms with E-state index in [0.29, 0.717) is 18.7 Å². The van der Waals surface area contributed by atoms with Crippen LogP contribution in [0.3, 0.4) is 0 Å². The zero-order chi connectivity index (χ0) is 19.1. The fraction of sp³-hybridized carbons (Fsp3) is 0.765. The summed E-state index contributed by atoms with van der Waals surface area (Å²) in [5.74, 6) is -0.276. The highest BCUT2D eigenvalue weighted by atomic mass is 16.5. The molecule has 4 atom stereocenters. The third-order valence-corrected chi connectivity index (χ3v) is 4.58. The standard InChI is InChI=1S/C17H29N3O6/c1-19-9-12(8-18-19)17(25)20-6-4-2-3-5-7-26-16(14(23)11-21)15(24)13(22)10-20/h8-9,13-16,21-24H,2-7,10-11H2,1H3/t13-,14-,15-,16-/m1/s1. The molecule has 1 aromatic heterocycles. The van der Waals surface area contributed by atoms with Crippen LogP contribution in [0.15, 0.2) is 12.4 Å². The summed E-state index contributed by atoms with van der Waals surface area (Å²) in [4.78, 5) is 14.2. The fourth-order valence-corrected chi connectivity index (χ4v) is 3.06. The normalized spacial score (nSPS) is 27.4. The third kappa shape index (κ3) is 5.49. The monoisotopic (exact) mass is 371 g/mol. The van der Waals surface area contributed by atoms with Gasteiger partial charge in [0.25, 0.3) is 5.91 Å². The molecule has 0 bridgehead atoms. The molecule has 9 nitrogen and oxygen atoms in total. The maximum absolute atomic E-state index is 12.7. The Morgan fingerprint density at radius 2 is 2.08 bits per heavy atom. The molecule has 26 heavy (non-hydrogen) atoms. The number of hydrogen-bond donors (Lipinski definition) is 4. The number of aromatic nitrogens is 2. The van der Waals surface area contributed by atoms with Gasteiger partial charge in [-0.05, 0) is 12.8 Å². The molecule has 1 aromatic rings. The largest absolute Gasteiger partial charge is 0.394 e. The van der Waals surface area contributed by atoms with E-state index in [0.717, 1.165) is 25.7 Å². The van der Waals surface area contributed by atoms with Crippen LogP contribution in [-0.2, 0) is 11.8 Å². The highest BCUT2D eigenvalue weighted by molar-refractivity contribution is 5.93. The van der Waals surface area contributed by atoms with Crippen LogP contribution in [0, 0.1) is 0 Å². The van der Waals surface area contributed by atoms with Gasteiger partial charge in [0.05, 0.1) is 18.4 Å². The van der Waals surface area contributed by atoms with Crippen LogP contribution >= 0.6 is 0 Å². The number of carbonyl (C=O) groups excluding carboxylic acids is 1. The lowest BCUT2D eigenvalue weighted by Gasteiger charge is -2.33. The van der Waals surface area contributed by atoms with Gasteiger partial charge in [0.2, 0.25) is 0 Å². The van der Waals surface area contributed by atoms with Crippen molar-refractivity contribution in [3.63, 3.8) is 0 Å². The summed E-state index contributed by atoms with van der Waals surface area (Å²) in [5.41, 5.74) is 0.407. The molecule has 4 N–H and O–H groups in total. The summed E-state index contributed by atoms with van der Waals surface area (Å²) >= 11 is 0. The first-order chi connectivity index (χ1) is 12.4. The number of aliphatic hydroxyl groups is 4. The molecule has 1 aliphatic heterocycles. The van der Waals surface area contributed by atoms with E-state index in [1.54, 1.807) is 13.2 Å². The quantitative estimate of drug-likeness (QED) is 0.531. The lowest BCUT2D eigenvalue weighted by molar-refractivity contribution is -0.145. The van der Waals surface area contributed by atoms with Crippen molar-refractivity contribution in [3.05, 3.63) is 18.0 Å². The average molecular weight is 371 g/mol. The van der Waals surface area contributed by atoms with Crippen LogP contribution in [0.2, 0.25) is 0 Å². The van der Waals surface area contributed by atoms with E-state index >= 15 is 0 Å². The molecule has 1 fully saturated rings. The second-order valence-corrected chi connectivity index (χ2v) is 6.71. The Morgan fingerprint density at radius 1 is 1.35 bits per heavy atom. The molecule has 1 aliphatic rings. The Bertz CT molecular complexity index is 566. The zero-order valence-corrected chi connectivity index (χ0v) is 15.1. The van der Waals surface area contributed by atoms with Gasteiger partial charge in [0.1, 0.15) is 24.4 Å². The number of aliphatic hydroxyl groups excluding tert-OH is 4. The zero-order valence-electron chi connectivity index (χ0n) is 15.1. The van der Waals surface area contributed by atoms with Crippen molar-refractivity contribution in [2.75, 3.05) is 26.3 Å². The molecule has 0 spiro atoms. The molecule has 1 saturated heterocycles. The second kappa shape index (κ2) is 9.98. The highest BCUT2D eigenvalue weighted by Crippen LogP contribution is 2.16. The number of nitrogens with zero attached hydrogens (tertiary/aromatic N) is 3. The van der Waals surface area contributed by atoms with Gasteiger partial charge < -0.3 is 30.1 Å². The molecule has 2 heterocycles. The summed E-state index contributed by atoms with van der Waals surface area (Å²) < 4.78 is 7.02. The van der Waals surface area contributed by atoms with Gasteiger partial charge in [-0.1, -0.05) is 12.8 Å². The van der Waals surface area contributed by atoms with Crippen LogP contribution in [0.5, 0.6) is 0 Å². The first kappa shape index (κ1) is 20.8. The van der Waals surface area contributed by atoms with E-state index in [9.17, 15) is 25.2 Å². The molecule has 0 unspecified atom stereocenters. The molecule has 0 saturated carbocycles. The molecule has 0 aromatic carbocycles. The topological polar surface area (TPSA) is 128 Å². The Kier molecular flexibility index (Phi) is 7.98. The summed E-state index contributed by atoms with van der Waals surface area (Å²) in [6, 6.07) is 0. The first-order valence-corrected chi connectivity index (χ1v) is 8.98. The smallest absolute Gasteiger partial charge is 0.257 e. The summed E-state index contributed by atoms with van der Waals surface area (Å²) in [7, 11) is 1.71. The van der Waals surface area contributed by atoms with Gasteiger partial charge in [-0.15, -0.1) is 0 Å². The van der Waals surface area contributed by atoms with E-state index in [-0.39, 0.29) is 12.5 Å². The van der Waals surface area contributed by atoms with E-state index in [2.05, 4.69) is 5.10 Å². The molecule has 0 radical (unpaired) electrons. The van der Waals surface area contributed by atoms with Gasteiger partial charge >= 0.3 is 0 Å². The predicted molar refractivity (Wildman–Crippen MR) is 92.4 cm³/mol. The number of ether oxygens (including phenoxy) is 1. The summed E-state index contributed by atoms with van der Waals surface area (Å²) in [6.45, 7) is 0.0785. The number of aryl methyl sites for hydroxylation is 1. The van der Waals surface area contributed by atoms with Crippen LogP contribution in [-0.4, -0.2) is 91.7 Å². The maximum Gasteiger partial charge on any atom is 0.257 e. The molecule has 148 valence electrons. The minimum Gasteiger partial charge on any atom is -0.394 e. The second-order valence-electron chi connectivity index (χ2n) is 6.71. The number of amides is 1. The van der Waals surface area contributed by atoms with Crippen molar-refractivity contribution in [2.45, 2.75) is 50.1 Å². The van der Waals surface area contributed by atoms with Crippen molar-refractivity contribution in [1.82, 2.24) is 14.7 Å². The Balaban J connectivity index is 2.15. The fourth-order valence-electron chi connectivity index (χ4n) is 3.06. The molecule has 2 rings (SSSR count). The lowest BCUT2D eigenvalue weighted by atomic mass is 10.0. The first-order valence-electron chi connectivity index (χ1n) is 8.98. The Hall–Kier alpha value is -1.52. The van der Waals surface area contributed by atoms with Gasteiger partial charge in [-0.3, -0.25) is 9.48 Å². The Morgan fingerprint density at radius 3 is 2.73 bits per heavy atom. The lowest BCUT2D eigenvalue weighted by Crippen LogP contribution is -2.52. The van der Waals surface area contributed by atoms with Crippen LogP contribution in [0.4, 0.5) is 0 Å². The van der Waals surface area contributed by atoms with Gasteiger partial charge in [0.15, 0.2) is 0 Å². The summed E-state index contributed by atoms with van der Waals surface area (Å²) in [5, 5.41) is 43.9. The minimum atomic E-state index is -1.43. The summed E-state index contributed by atoms with van der Waals surface area (Å²) in [6.07, 6.45) is 1.16. The number of hydrogen-bond acceptors (Lipinski definition) is 7. The van der Waals surface area contributed by atoms with Crippen LogP contribution in [0.25, 0.3) is 0 Å².